The van der Waals surface area contributed by atoms with Crippen LogP contribution in [-0.2, 0) is 9.53 Å². The molecule has 2 unspecified atom stereocenters. The molecule has 2 aliphatic heterocycles. The zero-order valence-electron chi connectivity index (χ0n) is 14.4. The number of methoxy groups -OCH3 is 1. The Morgan fingerprint density at radius 2 is 2.00 bits per heavy atom. The summed E-state index contributed by atoms with van der Waals surface area (Å²) in [5.74, 6) is 1.33. The van der Waals surface area contributed by atoms with Crippen molar-refractivity contribution in [3.05, 3.63) is 35.9 Å². The van der Waals surface area contributed by atoms with Gasteiger partial charge in [-0.1, -0.05) is 36.8 Å². The summed E-state index contributed by atoms with van der Waals surface area (Å²) in [5.41, 5.74) is 1.51. The third-order valence-corrected chi connectivity index (χ3v) is 6.06. The molecule has 126 valence electrons. The molecule has 4 atom stereocenters. The van der Waals surface area contributed by atoms with E-state index in [-0.39, 0.29) is 5.97 Å². The number of carbonyl (C=O) groups is 1. The van der Waals surface area contributed by atoms with Gasteiger partial charge < -0.3 is 9.64 Å². The van der Waals surface area contributed by atoms with E-state index in [0.717, 1.165) is 30.8 Å². The van der Waals surface area contributed by atoms with E-state index in [4.69, 9.17) is 4.74 Å². The zero-order valence-corrected chi connectivity index (χ0v) is 14.4. The van der Waals surface area contributed by atoms with E-state index in [1.807, 2.05) is 0 Å². The summed E-state index contributed by atoms with van der Waals surface area (Å²) < 4.78 is 4.75. The molecule has 0 saturated carbocycles. The van der Waals surface area contributed by atoms with E-state index in [2.05, 4.69) is 42.3 Å². The first-order chi connectivity index (χ1) is 11.2. The lowest BCUT2D eigenvalue weighted by molar-refractivity contribution is -0.140. The van der Waals surface area contributed by atoms with Gasteiger partial charge >= 0.3 is 5.97 Å². The Labute approximate surface area is 140 Å². The minimum atomic E-state index is -0.0775. The van der Waals surface area contributed by atoms with Crippen molar-refractivity contribution in [1.82, 2.24) is 4.90 Å². The molecule has 1 aromatic rings. The normalized spacial score (nSPS) is 30.3. The lowest BCUT2D eigenvalue weighted by Crippen LogP contribution is -2.45. The maximum Gasteiger partial charge on any atom is 0.305 e. The number of benzene rings is 1. The average molecular weight is 315 g/mol. The molecule has 2 saturated heterocycles. The van der Waals surface area contributed by atoms with Gasteiger partial charge in [0, 0.05) is 18.5 Å². The molecule has 23 heavy (non-hydrogen) atoms. The third-order valence-electron chi connectivity index (χ3n) is 6.06. The summed E-state index contributed by atoms with van der Waals surface area (Å²) in [5, 5.41) is 0. The highest BCUT2D eigenvalue weighted by atomic mass is 16.5. The highest BCUT2D eigenvalue weighted by Gasteiger charge is 2.45. The van der Waals surface area contributed by atoms with Gasteiger partial charge in [-0.05, 0) is 56.6 Å². The van der Waals surface area contributed by atoms with Crippen LogP contribution in [-0.4, -0.2) is 37.1 Å². The molecule has 3 nitrogen and oxygen atoms in total. The Bertz CT molecular complexity index is 516. The van der Waals surface area contributed by atoms with E-state index >= 15 is 0 Å². The summed E-state index contributed by atoms with van der Waals surface area (Å²) in [6.45, 7) is 0. The van der Waals surface area contributed by atoms with E-state index < -0.39 is 0 Å². The predicted molar refractivity (Wildman–Crippen MR) is 92.3 cm³/mol. The molecule has 1 aromatic carbocycles. The van der Waals surface area contributed by atoms with Crippen LogP contribution in [0.3, 0.4) is 0 Å². The van der Waals surface area contributed by atoms with E-state index in [1.165, 1.54) is 38.4 Å². The van der Waals surface area contributed by atoms with Gasteiger partial charge in [-0.2, -0.15) is 0 Å². The van der Waals surface area contributed by atoms with Crippen LogP contribution in [0.15, 0.2) is 30.3 Å². The standard InChI is InChI=1S/C20H29NO2/c1-21-16-12-13-19(21)17(10-6-7-11-20(22)23-2)18(14-16)15-8-4-3-5-9-15/h3-5,8-9,16-19H,6-7,10-14H2,1-2H3/t16?,17-,18+,19?/m0/s1. The predicted octanol–water partition coefficient (Wildman–Crippen LogP) is 3.99. The van der Waals surface area contributed by atoms with Crippen molar-refractivity contribution in [3.63, 3.8) is 0 Å². The fourth-order valence-electron chi connectivity index (χ4n) is 4.81. The first-order valence-corrected chi connectivity index (χ1v) is 9.04. The monoisotopic (exact) mass is 315 g/mol. The van der Waals surface area contributed by atoms with Crippen LogP contribution in [0, 0.1) is 5.92 Å². The number of carbonyl (C=O) groups excluding carboxylic acids is 1. The fourth-order valence-corrected chi connectivity index (χ4v) is 4.81. The Morgan fingerprint density at radius 1 is 1.22 bits per heavy atom. The molecule has 3 heteroatoms. The number of ether oxygens (including phenoxy) is 1. The quantitative estimate of drug-likeness (QED) is 0.587. The van der Waals surface area contributed by atoms with Gasteiger partial charge in [0.25, 0.3) is 0 Å². The highest BCUT2D eigenvalue weighted by Crippen LogP contribution is 2.47. The number of rotatable bonds is 6. The molecule has 0 spiro atoms. The van der Waals surface area contributed by atoms with Gasteiger partial charge in [-0.3, -0.25) is 4.79 Å². The third kappa shape index (κ3) is 3.60. The van der Waals surface area contributed by atoms with Crippen molar-refractivity contribution >= 4 is 5.97 Å². The Morgan fingerprint density at radius 3 is 2.74 bits per heavy atom. The first kappa shape index (κ1) is 16.5. The lowest BCUT2D eigenvalue weighted by atomic mass is 9.74. The molecule has 3 rings (SSSR count). The number of unbranched alkanes of at least 4 members (excludes halogenated alkanes) is 1. The zero-order chi connectivity index (χ0) is 16.2. The van der Waals surface area contributed by atoms with Crippen molar-refractivity contribution in [1.29, 1.82) is 0 Å². The minimum Gasteiger partial charge on any atom is -0.469 e. The minimum absolute atomic E-state index is 0.0775. The van der Waals surface area contributed by atoms with Crippen LogP contribution < -0.4 is 0 Å². The largest absolute Gasteiger partial charge is 0.469 e. The molecule has 0 aromatic heterocycles. The van der Waals surface area contributed by atoms with Crippen LogP contribution in [0.2, 0.25) is 0 Å². The van der Waals surface area contributed by atoms with Gasteiger partial charge in [0.05, 0.1) is 7.11 Å². The first-order valence-electron chi connectivity index (χ1n) is 9.04. The summed E-state index contributed by atoms with van der Waals surface area (Å²) in [4.78, 5) is 13.9. The van der Waals surface area contributed by atoms with E-state index in [1.54, 1.807) is 0 Å². The van der Waals surface area contributed by atoms with Crippen molar-refractivity contribution in [2.24, 2.45) is 5.92 Å². The van der Waals surface area contributed by atoms with Gasteiger partial charge in [-0.25, -0.2) is 0 Å². The van der Waals surface area contributed by atoms with Crippen molar-refractivity contribution in [2.75, 3.05) is 14.2 Å². The highest BCUT2D eigenvalue weighted by molar-refractivity contribution is 5.68. The van der Waals surface area contributed by atoms with Crippen LogP contribution in [0.4, 0.5) is 0 Å². The van der Waals surface area contributed by atoms with Gasteiger partial charge in [0.15, 0.2) is 0 Å². The molecular formula is C20H29NO2. The maximum atomic E-state index is 11.3. The maximum absolute atomic E-state index is 11.3. The van der Waals surface area contributed by atoms with E-state index in [9.17, 15) is 4.79 Å². The smallest absolute Gasteiger partial charge is 0.305 e. The van der Waals surface area contributed by atoms with Gasteiger partial charge in [0.1, 0.15) is 0 Å². The Hall–Kier alpha value is -1.35. The van der Waals surface area contributed by atoms with Crippen molar-refractivity contribution in [3.8, 4) is 0 Å². The average Bonchev–Trinajstić information content (AvgIpc) is 2.83. The van der Waals surface area contributed by atoms with Crippen LogP contribution in [0.1, 0.15) is 56.4 Å². The Kier molecular flexibility index (Phi) is 5.37. The molecule has 2 heterocycles. The van der Waals surface area contributed by atoms with Crippen molar-refractivity contribution < 1.29 is 9.53 Å². The topological polar surface area (TPSA) is 29.5 Å². The second-order valence-corrected chi connectivity index (χ2v) is 7.20. The number of hydrogen-bond donors (Lipinski definition) is 0. The van der Waals surface area contributed by atoms with Crippen LogP contribution >= 0.6 is 0 Å². The molecule has 2 bridgehead atoms. The summed E-state index contributed by atoms with van der Waals surface area (Å²) in [6, 6.07) is 12.5. The number of piperidine rings is 1. The number of nitrogens with zero attached hydrogens (tertiary/aromatic N) is 1. The lowest BCUT2D eigenvalue weighted by Gasteiger charge is -2.43. The fraction of sp³-hybridized carbons (Fsp3) is 0.650. The summed E-state index contributed by atoms with van der Waals surface area (Å²) in [7, 11) is 3.79. The van der Waals surface area contributed by atoms with E-state index in [0.29, 0.717) is 12.3 Å². The van der Waals surface area contributed by atoms with Crippen LogP contribution in [0.25, 0.3) is 0 Å². The van der Waals surface area contributed by atoms with Gasteiger partial charge in [0.2, 0.25) is 0 Å². The molecule has 0 aliphatic carbocycles. The number of hydrogen-bond acceptors (Lipinski definition) is 3. The molecule has 2 aliphatic rings. The molecule has 2 fully saturated rings. The van der Waals surface area contributed by atoms with Crippen LogP contribution in [0.5, 0.6) is 0 Å². The molecular weight excluding hydrogens is 286 g/mol. The Balaban J connectivity index is 1.66. The molecule has 0 N–H and O–H groups in total. The summed E-state index contributed by atoms with van der Waals surface area (Å²) >= 11 is 0. The van der Waals surface area contributed by atoms with Gasteiger partial charge in [-0.15, -0.1) is 0 Å². The molecule has 0 radical (unpaired) electrons. The second-order valence-electron chi connectivity index (χ2n) is 7.20. The number of esters is 1. The second kappa shape index (κ2) is 7.48. The summed E-state index contributed by atoms with van der Waals surface area (Å²) in [6.07, 6.45) is 7.83. The number of fused-ring (bicyclic) bond motifs is 2. The molecule has 0 amide bonds. The van der Waals surface area contributed by atoms with Crippen molar-refractivity contribution in [2.45, 2.75) is 62.9 Å². The SMILES string of the molecule is COC(=O)CCCC[C@@H]1C2CCC(C[C@@H]1c1ccccc1)N2C.